The number of halogens is 2. The second kappa shape index (κ2) is 8.08. The van der Waals surface area contributed by atoms with E-state index in [0.717, 1.165) is 5.56 Å². The van der Waals surface area contributed by atoms with Gasteiger partial charge in [0, 0.05) is 0 Å². The summed E-state index contributed by atoms with van der Waals surface area (Å²) in [4.78, 5) is 11.6. The molecule has 0 amide bonds. The van der Waals surface area contributed by atoms with Crippen molar-refractivity contribution < 1.29 is 13.9 Å². The molecule has 0 radical (unpaired) electrons. The van der Waals surface area contributed by atoms with Gasteiger partial charge in [0.25, 0.3) is 0 Å². The maximum atomic E-state index is 13.0. The van der Waals surface area contributed by atoms with Crippen molar-refractivity contribution in [3.05, 3.63) is 64.4 Å². The van der Waals surface area contributed by atoms with Gasteiger partial charge < -0.3 is 15.4 Å². The maximum absolute atomic E-state index is 13.0. The number of methoxy groups -OCH3 is 1. The van der Waals surface area contributed by atoms with Crippen molar-refractivity contribution in [2.24, 2.45) is 0 Å². The van der Waals surface area contributed by atoms with Crippen molar-refractivity contribution in [2.45, 2.75) is 13.0 Å². The van der Waals surface area contributed by atoms with E-state index in [1.807, 2.05) is 6.92 Å². The fourth-order valence-electron chi connectivity index (χ4n) is 2.06. The van der Waals surface area contributed by atoms with E-state index in [0.29, 0.717) is 21.4 Å². The monoisotopic (exact) mass is 366 g/mol. The Kier molecular flexibility index (Phi) is 6.11. The van der Waals surface area contributed by atoms with Gasteiger partial charge in [-0.3, -0.25) is 0 Å². The van der Waals surface area contributed by atoms with Crippen molar-refractivity contribution in [3.8, 4) is 0 Å². The topological polar surface area (TPSA) is 50.4 Å². The molecule has 24 heavy (non-hydrogen) atoms. The van der Waals surface area contributed by atoms with E-state index in [1.54, 1.807) is 30.3 Å². The third-order valence-electron chi connectivity index (χ3n) is 3.35. The van der Waals surface area contributed by atoms with Gasteiger partial charge in [0.15, 0.2) is 5.11 Å². The number of esters is 1. The van der Waals surface area contributed by atoms with Crippen LogP contribution in [0.3, 0.4) is 0 Å². The molecule has 2 rings (SSSR count). The average Bonchev–Trinajstić information content (AvgIpc) is 2.56. The quantitative estimate of drug-likeness (QED) is 0.623. The molecular formula is C17H16ClFN2O2S. The molecule has 0 unspecified atom stereocenters. The maximum Gasteiger partial charge on any atom is 0.337 e. The first-order valence-corrected chi connectivity index (χ1v) is 7.90. The van der Waals surface area contributed by atoms with Gasteiger partial charge >= 0.3 is 5.97 Å². The summed E-state index contributed by atoms with van der Waals surface area (Å²) in [5, 5.41) is 6.77. The zero-order valence-electron chi connectivity index (χ0n) is 13.1. The van der Waals surface area contributed by atoms with Gasteiger partial charge in [-0.1, -0.05) is 23.7 Å². The van der Waals surface area contributed by atoms with Crippen LogP contribution in [0.4, 0.5) is 10.1 Å². The Hall–Kier alpha value is -2.18. The molecule has 0 spiro atoms. The molecule has 1 atom stereocenters. The smallest absolute Gasteiger partial charge is 0.337 e. The first-order chi connectivity index (χ1) is 11.4. The van der Waals surface area contributed by atoms with E-state index in [4.69, 9.17) is 23.8 Å². The summed E-state index contributed by atoms with van der Waals surface area (Å²) in [6.07, 6.45) is 0. The first-order valence-electron chi connectivity index (χ1n) is 7.11. The highest BCUT2D eigenvalue weighted by Crippen LogP contribution is 2.24. The highest BCUT2D eigenvalue weighted by molar-refractivity contribution is 7.80. The normalized spacial score (nSPS) is 11.5. The average molecular weight is 367 g/mol. The van der Waals surface area contributed by atoms with E-state index in [9.17, 15) is 9.18 Å². The summed E-state index contributed by atoms with van der Waals surface area (Å²) >= 11 is 11.4. The number of hydrogen-bond donors (Lipinski definition) is 2. The third-order valence-corrected chi connectivity index (χ3v) is 3.90. The minimum absolute atomic E-state index is 0.131. The van der Waals surface area contributed by atoms with Crippen LogP contribution in [0.1, 0.15) is 28.9 Å². The van der Waals surface area contributed by atoms with Gasteiger partial charge in [-0.15, -0.1) is 0 Å². The standard InChI is InChI=1S/C17H16ClFN2O2S/c1-10(11-3-6-13(19)7-4-11)20-17(24)21-15-9-12(16(22)23-2)5-8-14(15)18/h3-10H,1-2H3,(H2,20,21,24)/t10-/m1/s1. The van der Waals surface area contributed by atoms with Crippen LogP contribution in [0.25, 0.3) is 0 Å². The zero-order valence-corrected chi connectivity index (χ0v) is 14.7. The van der Waals surface area contributed by atoms with Crippen LogP contribution in [-0.2, 0) is 4.74 Å². The lowest BCUT2D eigenvalue weighted by atomic mass is 10.1. The van der Waals surface area contributed by atoms with Crippen molar-refractivity contribution in [1.29, 1.82) is 0 Å². The van der Waals surface area contributed by atoms with Gasteiger partial charge in [-0.2, -0.15) is 0 Å². The predicted molar refractivity (Wildman–Crippen MR) is 97.0 cm³/mol. The molecule has 0 aromatic heterocycles. The summed E-state index contributed by atoms with van der Waals surface area (Å²) in [5.41, 5.74) is 1.73. The summed E-state index contributed by atoms with van der Waals surface area (Å²) in [7, 11) is 1.31. The number of nitrogens with one attached hydrogen (secondary N) is 2. The Bertz CT molecular complexity index is 753. The van der Waals surface area contributed by atoms with Crippen LogP contribution in [0.5, 0.6) is 0 Å². The largest absolute Gasteiger partial charge is 0.465 e. The number of carbonyl (C=O) groups excluding carboxylic acids is 1. The van der Waals surface area contributed by atoms with Crippen molar-refractivity contribution in [1.82, 2.24) is 5.32 Å². The van der Waals surface area contributed by atoms with Gasteiger partial charge in [0.2, 0.25) is 0 Å². The molecule has 126 valence electrons. The molecule has 0 aliphatic carbocycles. The first kappa shape index (κ1) is 18.2. The molecule has 2 aromatic carbocycles. The summed E-state index contributed by atoms with van der Waals surface area (Å²) in [6.45, 7) is 1.90. The molecule has 7 heteroatoms. The number of carbonyl (C=O) groups is 1. The Morgan fingerprint density at radius 2 is 1.92 bits per heavy atom. The van der Waals surface area contributed by atoms with E-state index in [1.165, 1.54) is 19.2 Å². The summed E-state index contributed by atoms with van der Waals surface area (Å²) < 4.78 is 17.6. The Balaban J connectivity index is 2.06. The third kappa shape index (κ3) is 4.66. The number of anilines is 1. The summed E-state index contributed by atoms with van der Waals surface area (Å²) in [5.74, 6) is -0.758. The Labute approximate surface area is 150 Å². The Morgan fingerprint density at radius 1 is 1.25 bits per heavy atom. The Morgan fingerprint density at radius 3 is 2.54 bits per heavy atom. The number of thiocarbonyl (C=S) groups is 1. The number of ether oxygens (including phenoxy) is 1. The van der Waals surface area contributed by atoms with Gasteiger partial charge in [0.05, 0.1) is 29.4 Å². The zero-order chi connectivity index (χ0) is 17.7. The fraction of sp³-hybridized carbons (Fsp3) is 0.176. The van der Waals surface area contributed by atoms with Crippen molar-refractivity contribution in [3.63, 3.8) is 0 Å². The molecule has 2 aromatic rings. The molecule has 0 aliphatic heterocycles. The SMILES string of the molecule is COC(=O)c1ccc(Cl)c(NC(=S)N[C@H](C)c2ccc(F)cc2)c1. The van der Waals surface area contributed by atoms with Gasteiger partial charge in [-0.05, 0) is 55.0 Å². The molecule has 4 nitrogen and oxygen atoms in total. The lowest BCUT2D eigenvalue weighted by Crippen LogP contribution is -2.31. The van der Waals surface area contributed by atoms with Crippen LogP contribution in [0.15, 0.2) is 42.5 Å². The number of hydrogen-bond acceptors (Lipinski definition) is 3. The molecule has 0 saturated carbocycles. The molecule has 2 N–H and O–H groups in total. The van der Waals surface area contributed by atoms with Crippen LogP contribution >= 0.6 is 23.8 Å². The van der Waals surface area contributed by atoms with Crippen LogP contribution < -0.4 is 10.6 Å². The van der Waals surface area contributed by atoms with E-state index in [2.05, 4.69) is 15.4 Å². The lowest BCUT2D eigenvalue weighted by molar-refractivity contribution is 0.0601. The molecule has 0 heterocycles. The van der Waals surface area contributed by atoms with Crippen LogP contribution in [-0.4, -0.2) is 18.2 Å². The lowest BCUT2D eigenvalue weighted by Gasteiger charge is -2.18. The second-order valence-corrected chi connectivity index (χ2v) is 5.87. The van der Waals surface area contributed by atoms with Crippen LogP contribution in [0.2, 0.25) is 5.02 Å². The minimum atomic E-state index is -0.465. The second-order valence-electron chi connectivity index (χ2n) is 5.06. The summed E-state index contributed by atoms with van der Waals surface area (Å²) in [6, 6.07) is 10.7. The van der Waals surface area contributed by atoms with E-state index >= 15 is 0 Å². The minimum Gasteiger partial charge on any atom is -0.465 e. The number of benzene rings is 2. The van der Waals surface area contributed by atoms with E-state index in [-0.39, 0.29) is 11.9 Å². The van der Waals surface area contributed by atoms with Crippen LogP contribution in [0, 0.1) is 5.82 Å². The molecule has 0 saturated heterocycles. The predicted octanol–water partition coefficient (Wildman–Crippen LogP) is 4.31. The molecule has 0 aliphatic rings. The highest BCUT2D eigenvalue weighted by atomic mass is 35.5. The van der Waals surface area contributed by atoms with Gasteiger partial charge in [-0.25, -0.2) is 9.18 Å². The molecule has 0 bridgehead atoms. The van der Waals surface area contributed by atoms with E-state index < -0.39 is 5.97 Å². The fourth-order valence-corrected chi connectivity index (χ4v) is 2.51. The molecule has 0 fully saturated rings. The van der Waals surface area contributed by atoms with Gasteiger partial charge in [0.1, 0.15) is 5.82 Å². The highest BCUT2D eigenvalue weighted by Gasteiger charge is 2.12. The molecular weight excluding hydrogens is 351 g/mol. The van der Waals surface area contributed by atoms with Crippen molar-refractivity contribution in [2.75, 3.05) is 12.4 Å². The number of rotatable bonds is 4. The van der Waals surface area contributed by atoms with Crippen molar-refractivity contribution >= 4 is 40.6 Å².